The predicted molar refractivity (Wildman–Crippen MR) is 68.7 cm³/mol. The van der Waals surface area contributed by atoms with Crippen LogP contribution >= 0.6 is 0 Å². The second kappa shape index (κ2) is 7.67. The number of ether oxygens (including phenoxy) is 1. The standard InChI is InChI=1S/C13H26N2O2/c1-2-17-9-5-6-12(16)15-11-13(10-14)7-3-4-8-13/h2-11,14H2,1H3,(H,15,16). The summed E-state index contributed by atoms with van der Waals surface area (Å²) in [6, 6.07) is 0. The largest absolute Gasteiger partial charge is 0.382 e. The van der Waals surface area contributed by atoms with Crippen molar-refractivity contribution in [2.75, 3.05) is 26.3 Å². The Hall–Kier alpha value is -0.610. The second-order valence-corrected chi connectivity index (χ2v) is 4.99. The number of rotatable bonds is 8. The summed E-state index contributed by atoms with van der Waals surface area (Å²) in [6.45, 7) is 4.79. The van der Waals surface area contributed by atoms with Crippen LogP contribution in [0, 0.1) is 5.41 Å². The maximum Gasteiger partial charge on any atom is 0.220 e. The first-order chi connectivity index (χ1) is 8.22. The minimum atomic E-state index is 0.129. The third-order valence-corrected chi connectivity index (χ3v) is 3.65. The van der Waals surface area contributed by atoms with E-state index in [-0.39, 0.29) is 11.3 Å². The third-order valence-electron chi connectivity index (χ3n) is 3.65. The number of hydrogen-bond donors (Lipinski definition) is 2. The van der Waals surface area contributed by atoms with E-state index in [0.29, 0.717) is 19.6 Å². The molecule has 0 atom stereocenters. The summed E-state index contributed by atoms with van der Waals surface area (Å²) in [6.07, 6.45) is 6.16. The molecule has 0 aromatic heterocycles. The minimum absolute atomic E-state index is 0.129. The molecule has 1 aliphatic rings. The molecule has 4 nitrogen and oxygen atoms in total. The van der Waals surface area contributed by atoms with Gasteiger partial charge in [-0.25, -0.2) is 0 Å². The summed E-state index contributed by atoms with van der Waals surface area (Å²) in [5.41, 5.74) is 6.00. The molecule has 0 aliphatic heterocycles. The zero-order chi connectivity index (χ0) is 12.6. The van der Waals surface area contributed by atoms with Crippen molar-refractivity contribution < 1.29 is 9.53 Å². The first-order valence-corrected chi connectivity index (χ1v) is 6.77. The number of nitrogens with one attached hydrogen (secondary N) is 1. The van der Waals surface area contributed by atoms with Crippen LogP contribution in [-0.4, -0.2) is 32.2 Å². The topological polar surface area (TPSA) is 64.3 Å². The molecule has 0 radical (unpaired) electrons. The maximum absolute atomic E-state index is 11.6. The van der Waals surface area contributed by atoms with Gasteiger partial charge in [0.25, 0.3) is 0 Å². The van der Waals surface area contributed by atoms with E-state index in [1.165, 1.54) is 12.8 Å². The van der Waals surface area contributed by atoms with Crippen LogP contribution in [0.15, 0.2) is 0 Å². The lowest BCUT2D eigenvalue weighted by Crippen LogP contribution is -2.40. The van der Waals surface area contributed by atoms with E-state index in [1.807, 2.05) is 6.92 Å². The molecule has 0 saturated heterocycles. The molecule has 0 heterocycles. The Balaban J connectivity index is 2.14. The van der Waals surface area contributed by atoms with E-state index in [2.05, 4.69) is 5.32 Å². The van der Waals surface area contributed by atoms with Gasteiger partial charge in [0.15, 0.2) is 0 Å². The van der Waals surface area contributed by atoms with Crippen molar-refractivity contribution in [3.8, 4) is 0 Å². The van der Waals surface area contributed by atoms with Crippen molar-refractivity contribution in [1.29, 1.82) is 0 Å². The van der Waals surface area contributed by atoms with Gasteiger partial charge in [-0.1, -0.05) is 12.8 Å². The number of hydrogen-bond acceptors (Lipinski definition) is 3. The van der Waals surface area contributed by atoms with E-state index in [1.54, 1.807) is 0 Å². The molecular weight excluding hydrogens is 216 g/mol. The lowest BCUT2D eigenvalue weighted by Gasteiger charge is -2.27. The van der Waals surface area contributed by atoms with E-state index in [4.69, 9.17) is 10.5 Å². The Labute approximate surface area is 104 Å². The first-order valence-electron chi connectivity index (χ1n) is 6.77. The fourth-order valence-electron chi connectivity index (χ4n) is 2.43. The van der Waals surface area contributed by atoms with Gasteiger partial charge in [-0.15, -0.1) is 0 Å². The highest BCUT2D eigenvalue weighted by Crippen LogP contribution is 2.36. The van der Waals surface area contributed by atoms with Crippen LogP contribution in [0.3, 0.4) is 0 Å². The molecule has 0 aromatic carbocycles. The van der Waals surface area contributed by atoms with Crippen LogP contribution in [0.2, 0.25) is 0 Å². The number of nitrogens with two attached hydrogens (primary N) is 1. The van der Waals surface area contributed by atoms with Crippen LogP contribution in [-0.2, 0) is 9.53 Å². The zero-order valence-corrected chi connectivity index (χ0v) is 11.0. The Kier molecular flexibility index (Phi) is 6.52. The van der Waals surface area contributed by atoms with Gasteiger partial charge in [-0.05, 0) is 38.1 Å². The maximum atomic E-state index is 11.6. The molecule has 3 N–H and O–H groups in total. The average molecular weight is 242 g/mol. The number of amides is 1. The molecule has 0 aromatic rings. The van der Waals surface area contributed by atoms with Crippen molar-refractivity contribution in [3.63, 3.8) is 0 Å². The van der Waals surface area contributed by atoms with Gasteiger partial charge in [0, 0.05) is 26.2 Å². The van der Waals surface area contributed by atoms with Gasteiger partial charge in [0.05, 0.1) is 0 Å². The fraction of sp³-hybridized carbons (Fsp3) is 0.923. The monoisotopic (exact) mass is 242 g/mol. The van der Waals surface area contributed by atoms with Crippen LogP contribution in [0.5, 0.6) is 0 Å². The molecule has 4 heteroatoms. The van der Waals surface area contributed by atoms with Gasteiger partial charge >= 0.3 is 0 Å². The van der Waals surface area contributed by atoms with E-state index < -0.39 is 0 Å². The van der Waals surface area contributed by atoms with Crippen molar-refractivity contribution in [3.05, 3.63) is 0 Å². The molecule has 0 bridgehead atoms. The summed E-state index contributed by atoms with van der Waals surface area (Å²) < 4.78 is 5.20. The highest BCUT2D eigenvalue weighted by Gasteiger charge is 2.32. The van der Waals surface area contributed by atoms with Crippen LogP contribution in [0.1, 0.15) is 45.4 Å². The molecule has 0 spiro atoms. The Morgan fingerprint density at radius 2 is 2.12 bits per heavy atom. The van der Waals surface area contributed by atoms with Crippen molar-refractivity contribution in [2.45, 2.75) is 45.4 Å². The van der Waals surface area contributed by atoms with Gasteiger partial charge in [0.1, 0.15) is 0 Å². The second-order valence-electron chi connectivity index (χ2n) is 4.99. The van der Waals surface area contributed by atoms with Gasteiger partial charge in [-0.2, -0.15) is 0 Å². The summed E-state index contributed by atoms with van der Waals surface area (Å²) in [5, 5.41) is 3.02. The summed E-state index contributed by atoms with van der Waals surface area (Å²) >= 11 is 0. The first kappa shape index (κ1) is 14.5. The quantitative estimate of drug-likeness (QED) is 0.633. The fourth-order valence-corrected chi connectivity index (χ4v) is 2.43. The Bertz CT molecular complexity index is 225. The number of carbonyl (C=O) groups is 1. The number of carbonyl (C=O) groups excluding carboxylic acids is 1. The van der Waals surface area contributed by atoms with E-state index >= 15 is 0 Å². The SMILES string of the molecule is CCOCCCC(=O)NCC1(CN)CCCC1. The predicted octanol–water partition coefficient (Wildman–Crippen LogP) is 1.44. The third kappa shape index (κ3) is 5.04. The summed E-state index contributed by atoms with van der Waals surface area (Å²) in [5.74, 6) is 0.129. The average Bonchev–Trinajstić information content (AvgIpc) is 2.82. The van der Waals surface area contributed by atoms with Gasteiger partial charge in [0.2, 0.25) is 5.91 Å². The van der Waals surface area contributed by atoms with E-state index in [0.717, 1.165) is 32.4 Å². The summed E-state index contributed by atoms with van der Waals surface area (Å²) in [7, 11) is 0. The van der Waals surface area contributed by atoms with Crippen LogP contribution < -0.4 is 11.1 Å². The smallest absolute Gasteiger partial charge is 0.220 e. The highest BCUT2D eigenvalue weighted by molar-refractivity contribution is 5.75. The molecular formula is C13H26N2O2. The van der Waals surface area contributed by atoms with Crippen LogP contribution in [0.4, 0.5) is 0 Å². The molecule has 1 aliphatic carbocycles. The van der Waals surface area contributed by atoms with Gasteiger partial charge < -0.3 is 15.8 Å². The van der Waals surface area contributed by atoms with Crippen LogP contribution in [0.25, 0.3) is 0 Å². The lowest BCUT2D eigenvalue weighted by atomic mass is 9.86. The lowest BCUT2D eigenvalue weighted by molar-refractivity contribution is -0.121. The Morgan fingerprint density at radius 3 is 2.71 bits per heavy atom. The summed E-state index contributed by atoms with van der Waals surface area (Å²) in [4.78, 5) is 11.6. The van der Waals surface area contributed by atoms with Crippen molar-refractivity contribution in [1.82, 2.24) is 5.32 Å². The molecule has 1 fully saturated rings. The highest BCUT2D eigenvalue weighted by atomic mass is 16.5. The molecule has 100 valence electrons. The van der Waals surface area contributed by atoms with Crippen molar-refractivity contribution >= 4 is 5.91 Å². The Morgan fingerprint density at radius 1 is 1.41 bits per heavy atom. The van der Waals surface area contributed by atoms with Crippen molar-refractivity contribution in [2.24, 2.45) is 11.1 Å². The molecule has 1 saturated carbocycles. The van der Waals surface area contributed by atoms with E-state index in [9.17, 15) is 4.79 Å². The minimum Gasteiger partial charge on any atom is -0.382 e. The molecule has 0 unspecified atom stereocenters. The molecule has 1 rings (SSSR count). The normalized spacial score (nSPS) is 18.2. The molecule has 1 amide bonds. The molecule has 17 heavy (non-hydrogen) atoms. The zero-order valence-electron chi connectivity index (χ0n) is 11.0. The van der Waals surface area contributed by atoms with Gasteiger partial charge in [-0.3, -0.25) is 4.79 Å².